The van der Waals surface area contributed by atoms with Crippen LogP contribution in [0.3, 0.4) is 0 Å². The van der Waals surface area contributed by atoms with E-state index in [0.717, 1.165) is 0 Å². The van der Waals surface area contributed by atoms with Crippen LogP contribution >= 0.6 is 0 Å². The monoisotopic (exact) mass is 371 g/mol. The van der Waals surface area contributed by atoms with E-state index in [9.17, 15) is 14.3 Å². The number of morpholine rings is 1. The number of nitrogens with one attached hydrogen (secondary N) is 2. The number of aliphatic hydroxyl groups is 1. The third-order valence-corrected chi connectivity index (χ3v) is 3.82. The molecule has 1 saturated heterocycles. The molecule has 2 rings (SSSR count). The summed E-state index contributed by atoms with van der Waals surface area (Å²) in [5.74, 6) is -0.0626. The van der Waals surface area contributed by atoms with Gasteiger partial charge in [0.2, 0.25) is 0 Å². The van der Waals surface area contributed by atoms with Gasteiger partial charge < -0.3 is 34.9 Å². The summed E-state index contributed by atoms with van der Waals surface area (Å²) < 4.78 is 28.9. The van der Waals surface area contributed by atoms with Crippen molar-refractivity contribution in [3.63, 3.8) is 0 Å². The van der Waals surface area contributed by atoms with Crippen LogP contribution in [0.4, 0.5) is 9.18 Å². The predicted molar refractivity (Wildman–Crippen MR) is 93.1 cm³/mol. The van der Waals surface area contributed by atoms with E-state index in [1.807, 2.05) is 0 Å². The second-order valence-corrected chi connectivity index (χ2v) is 5.80. The van der Waals surface area contributed by atoms with Crippen molar-refractivity contribution in [1.29, 1.82) is 0 Å². The molecule has 146 valence electrons. The molecular weight excluding hydrogens is 345 g/mol. The summed E-state index contributed by atoms with van der Waals surface area (Å²) in [6.07, 6.45) is -0.755. The van der Waals surface area contributed by atoms with E-state index in [1.54, 1.807) is 11.0 Å². The number of carbonyl (C=O) groups excluding carboxylic acids is 1. The van der Waals surface area contributed by atoms with Gasteiger partial charge in [0.1, 0.15) is 18.5 Å². The zero-order valence-electron chi connectivity index (χ0n) is 14.9. The van der Waals surface area contributed by atoms with Crippen LogP contribution in [0.1, 0.15) is 0 Å². The smallest absolute Gasteiger partial charge is 0.317 e. The molecule has 1 aromatic carbocycles. The maximum atomic E-state index is 13.5. The van der Waals surface area contributed by atoms with Crippen LogP contribution in [-0.4, -0.2) is 81.8 Å². The molecule has 0 saturated carbocycles. The first-order chi connectivity index (χ1) is 12.6. The van der Waals surface area contributed by atoms with Gasteiger partial charge in [0.25, 0.3) is 0 Å². The van der Waals surface area contributed by atoms with Crippen molar-refractivity contribution in [2.75, 3.05) is 59.7 Å². The Morgan fingerprint density at radius 3 is 2.85 bits per heavy atom. The van der Waals surface area contributed by atoms with Crippen molar-refractivity contribution in [1.82, 2.24) is 15.5 Å². The molecule has 2 amide bonds. The number of ether oxygens (including phenoxy) is 3. The fraction of sp³-hybridized carbons (Fsp3) is 0.588. The number of benzene rings is 1. The molecule has 0 aromatic heterocycles. The number of urea groups is 1. The van der Waals surface area contributed by atoms with E-state index < -0.39 is 11.9 Å². The lowest BCUT2D eigenvalue weighted by atomic mass is 10.3. The Hall–Kier alpha value is -2.10. The highest BCUT2D eigenvalue weighted by Crippen LogP contribution is 2.22. The van der Waals surface area contributed by atoms with Gasteiger partial charge >= 0.3 is 6.03 Å². The second kappa shape index (κ2) is 10.8. The van der Waals surface area contributed by atoms with Crippen molar-refractivity contribution in [2.24, 2.45) is 0 Å². The number of rotatable bonds is 9. The van der Waals surface area contributed by atoms with Gasteiger partial charge in [-0.3, -0.25) is 0 Å². The Bertz CT molecular complexity index is 569. The van der Waals surface area contributed by atoms with Gasteiger partial charge in [-0.25, -0.2) is 9.18 Å². The van der Waals surface area contributed by atoms with E-state index in [4.69, 9.17) is 14.2 Å². The van der Waals surface area contributed by atoms with Gasteiger partial charge in [0, 0.05) is 38.8 Å². The fourth-order valence-electron chi connectivity index (χ4n) is 2.39. The molecule has 0 bridgehead atoms. The second-order valence-electron chi connectivity index (χ2n) is 5.80. The van der Waals surface area contributed by atoms with Gasteiger partial charge in [-0.1, -0.05) is 0 Å². The highest BCUT2D eigenvalue weighted by Gasteiger charge is 2.15. The highest BCUT2D eigenvalue weighted by molar-refractivity contribution is 5.74. The number of hydrogen-bond acceptors (Lipinski definition) is 6. The summed E-state index contributed by atoms with van der Waals surface area (Å²) in [4.78, 5) is 13.6. The molecular formula is C17H26FN3O5. The lowest BCUT2D eigenvalue weighted by molar-refractivity contribution is 0.0532. The van der Waals surface area contributed by atoms with Crippen LogP contribution in [0.5, 0.6) is 11.5 Å². The van der Waals surface area contributed by atoms with Crippen molar-refractivity contribution in [3.8, 4) is 11.5 Å². The molecule has 1 aliphatic heterocycles. The first-order valence-corrected chi connectivity index (χ1v) is 8.56. The Morgan fingerprint density at radius 1 is 1.38 bits per heavy atom. The number of nitrogens with zero attached hydrogens (tertiary/aromatic N) is 1. The number of methoxy groups -OCH3 is 1. The average molecular weight is 371 g/mol. The number of aliphatic hydroxyl groups excluding tert-OH is 1. The average Bonchev–Trinajstić information content (AvgIpc) is 2.66. The van der Waals surface area contributed by atoms with Gasteiger partial charge in [-0.2, -0.15) is 0 Å². The summed E-state index contributed by atoms with van der Waals surface area (Å²) in [6.45, 7) is 3.62. The van der Waals surface area contributed by atoms with Crippen LogP contribution in [0.2, 0.25) is 0 Å². The molecule has 9 heteroatoms. The minimum absolute atomic E-state index is 0.0267. The number of hydrogen-bond donors (Lipinski definition) is 3. The van der Waals surface area contributed by atoms with Crippen molar-refractivity contribution in [2.45, 2.75) is 6.10 Å². The normalized spacial score (nSPS) is 15.4. The number of amides is 2. The quantitative estimate of drug-likeness (QED) is 0.538. The molecule has 1 aliphatic rings. The summed E-state index contributed by atoms with van der Waals surface area (Å²) in [7, 11) is 1.39. The van der Waals surface area contributed by atoms with E-state index in [2.05, 4.69) is 10.6 Å². The Balaban J connectivity index is 1.55. The molecule has 1 atom stereocenters. The molecule has 1 heterocycles. The van der Waals surface area contributed by atoms with Crippen LogP contribution in [0, 0.1) is 5.82 Å². The molecule has 1 fully saturated rings. The first-order valence-electron chi connectivity index (χ1n) is 8.56. The highest BCUT2D eigenvalue weighted by atomic mass is 19.1. The summed E-state index contributed by atoms with van der Waals surface area (Å²) in [5, 5.41) is 15.7. The van der Waals surface area contributed by atoms with Crippen molar-refractivity contribution >= 4 is 6.03 Å². The number of carbonyl (C=O) groups is 1. The molecule has 0 spiro atoms. The lowest BCUT2D eigenvalue weighted by Gasteiger charge is -2.27. The molecule has 3 N–H and O–H groups in total. The van der Waals surface area contributed by atoms with Crippen LogP contribution in [-0.2, 0) is 4.74 Å². The van der Waals surface area contributed by atoms with Gasteiger partial charge in [-0.15, -0.1) is 0 Å². The third kappa shape index (κ3) is 6.66. The molecule has 1 aromatic rings. The Labute approximate surface area is 152 Å². The van der Waals surface area contributed by atoms with Gasteiger partial charge in [-0.05, 0) is 12.1 Å². The third-order valence-electron chi connectivity index (χ3n) is 3.82. The predicted octanol–water partition coefficient (Wildman–Crippen LogP) is 0.205. The zero-order chi connectivity index (χ0) is 18.8. The SMILES string of the molecule is COc1ccc(OCC(O)CNCCNC(=O)N2CCOCC2)cc1F. The molecule has 0 radical (unpaired) electrons. The van der Waals surface area contributed by atoms with Crippen LogP contribution < -0.4 is 20.1 Å². The van der Waals surface area contributed by atoms with E-state index >= 15 is 0 Å². The molecule has 0 aliphatic carbocycles. The minimum Gasteiger partial charge on any atom is -0.494 e. The van der Waals surface area contributed by atoms with E-state index in [1.165, 1.54) is 19.2 Å². The zero-order valence-corrected chi connectivity index (χ0v) is 14.9. The Kier molecular flexibility index (Phi) is 8.39. The summed E-state index contributed by atoms with van der Waals surface area (Å²) in [5.41, 5.74) is 0. The van der Waals surface area contributed by atoms with Crippen molar-refractivity contribution in [3.05, 3.63) is 24.0 Å². The Morgan fingerprint density at radius 2 is 2.15 bits per heavy atom. The summed E-state index contributed by atoms with van der Waals surface area (Å²) in [6, 6.07) is 4.14. The maximum absolute atomic E-state index is 13.5. The molecule has 8 nitrogen and oxygen atoms in total. The topological polar surface area (TPSA) is 92.3 Å². The number of halogens is 1. The lowest BCUT2D eigenvalue weighted by Crippen LogP contribution is -2.47. The first kappa shape index (κ1) is 20.2. The van der Waals surface area contributed by atoms with Gasteiger partial charge in [0.05, 0.1) is 20.3 Å². The largest absolute Gasteiger partial charge is 0.494 e. The molecule has 1 unspecified atom stereocenters. The van der Waals surface area contributed by atoms with E-state index in [0.29, 0.717) is 51.7 Å². The summed E-state index contributed by atoms with van der Waals surface area (Å²) >= 11 is 0. The van der Waals surface area contributed by atoms with Crippen LogP contribution in [0.25, 0.3) is 0 Å². The van der Waals surface area contributed by atoms with Crippen molar-refractivity contribution < 1.29 is 28.5 Å². The van der Waals surface area contributed by atoms with E-state index in [-0.39, 0.29) is 18.4 Å². The fourth-order valence-corrected chi connectivity index (χ4v) is 2.39. The maximum Gasteiger partial charge on any atom is 0.317 e. The standard InChI is InChI=1S/C17H26FN3O5/c1-24-16-3-2-14(10-15(16)18)26-12-13(22)11-19-4-5-20-17(23)21-6-8-25-9-7-21/h2-3,10,13,19,22H,4-9,11-12H2,1H3,(H,20,23). The molecule has 26 heavy (non-hydrogen) atoms. The van der Waals surface area contributed by atoms with Gasteiger partial charge in [0.15, 0.2) is 11.6 Å². The van der Waals surface area contributed by atoms with Crippen LogP contribution in [0.15, 0.2) is 18.2 Å². The minimum atomic E-state index is -0.755.